The van der Waals surface area contributed by atoms with Crippen LogP contribution in [0.1, 0.15) is 68.9 Å². The predicted molar refractivity (Wildman–Crippen MR) is 106 cm³/mol. The number of hydrogen-bond donors (Lipinski definition) is 2. The summed E-state index contributed by atoms with van der Waals surface area (Å²) in [7, 11) is 0. The first-order valence-electron chi connectivity index (χ1n) is 9.87. The fourth-order valence-electron chi connectivity index (χ4n) is 3.69. The SMILES string of the molecule is CCCc1cc(=O)oc2c(C(=O)C(C)CC)c(O)c3c(c12)OC(C(C)(C)O)C3. The highest BCUT2D eigenvalue weighted by molar-refractivity contribution is 6.12. The Kier molecular flexibility index (Phi) is 5.28. The average Bonchev–Trinajstić information content (AvgIpc) is 3.06. The van der Waals surface area contributed by atoms with Crippen LogP contribution in [0.4, 0.5) is 0 Å². The highest BCUT2D eigenvalue weighted by Crippen LogP contribution is 2.48. The summed E-state index contributed by atoms with van der Waals surface area (Å²) in [6.45, 7) is 8.95. The Balaban J connectivity index is 2.40. The van der Waals surface area contributed by atoms with E-state index in [0.29, 0.717) is 29.5 Å². The molecular weight excluding hydrogens is 360 g/mol. The van der Waals surface area contributed by atoms with Crippen LogP contribution in [-0.4, -0.2) is 27.7 Å². The van der Waals surface area contributed by atoms with Crippen molar-refractivity contribution in [3.8, 4) is 11.5 Å². The summed E-state index contributed by atoms with van der Waals surface area (Å²) in [5.41, 5.74) is -0.381. The minimum Gasteiger partial charge on any atom is -0.507 e. The molecule has 1 aliphatic rings. The maximum absolute atomic E-state index is 13.1. The molecule has 1 aliphatic heterocycles. The first kappa shape index (κ1) is 20.4. The number of hydrogen-bond acceptors (Lipinski definition) is 6. The second-order valence-corrected chi connectivity index (χ2v) is 8.21. The molecule has 0 saturated heterocycles. The molecule has 3 rings (SSSR count). The molecule has 0 saturated carbocycles. The minimum absolute atomic E-state index is 0.0400. The molecule has 0 bridgehead atoms. The molecule has 6 nitrogen and oxygen atoms in total. The number of aryl methyl sites for hydroxylation is 1. The Morgan fingerprint density at radius 3 is 2.61 bits per heavy atom. The molecule has 6 heteroatoms. The van der Waals surface area contributed by atoms with Crippen LogP contribution < -0.4 is 10.4 Å². The monoisotopic (exact) mass is 388 g/mol. The van der Waals surface area contributed by atoms with Crippen molar-refractivity contribution >= 4 is 16.8 Å². The summed E-state index contributed by atoms with van der Waals surface area (Å²) in [6, 6.07) is 1.42. The summed E-state index contributed by atoms with van der Waals surface area (Å²) in [6.07, 6.45) is 1.68. The van der Waals surface area contributed by atoms with E-state index in [0.717, 1.165) is 12.0 Å². The third kappa shape index (κ3) is 3.30. The third-order valence-corrected chi connectivity index (χ3v) is 5.56. The number of Topliss-reactive ketones (excluding diaryl/α,β-unsaturated/α-hetero) is 1. The van der Waals surface area contributed by atoms with E-state index in [1.165, 1.54) is 6.07 Å². The zero-order chi connectivity index (χ0) is 20.8. The van der Waals surface area contributed by atoms with Crippen LogP contribution >= 0.6 is 0 Å². The van der Waals surface area contributed by atoms with Gasteiger partial charge in [-0.2, -0.15) is 0 Å². The summed E-state index contributed by atoms with van der Waals surface area (Å²) in [4.78, 5) is 25.2. The van der Waals surface area contributed by atoms with Gasteiger partial charge in [-0.05, 0) is 32.3 Å². The lowest BCUT2D eigenvalue weighted by atomic mass is 9.89. The second-order valence-electron chi connectivity index (χ2n) is 8.21. The van der Waals surface area contributed by atoms with Crippen molar-refractivity contribution in [3.63, 3.8) is 0 Å². The first-order valence-corrected chi connectivity index (χ1v) is 9.87. The van der Waals surface area contributed by atoms with Gasteiger partial charge in [0.05, 0.1) is 11.0 Å². The number of carbonyl (C=O) groups excluding carboxylic acids is 1. The number of benzene rings is 1. The van der Waals surface area contributed by atoms with Gasteiger partial charge in [-0.3, -0.25) is 4.79 Å². The van der Waals surface area contributed by atoms with Gasteiger partial charge in [-0.25, -0.2) is 4.79 Å². The number of ether oxygens (including phenoxy) is 1. The van der Waals surface area contributed by atoms with Gasteiger partial charge in [0.15, 0.2) is 11.4 Å². The van der Waals surface area contributed by atoms with Crippen molar-refractivity contribution < 1.29 is 24.2 Å². The lowest BCUT2D eigenvalue weighted by molar-refractivity contribution is -0.0225. The molecule has 2 aromatic rings. The number of rotatable bonds is 6. The number of fused-ring (bicyclic) bond motifs is 3. The molecule has 0 fully saturated rings. The van der Waals surface area contributed by atoms with Gasteiger partial charge >= 0.3 is 5.63 Å². The van der Waals surface area contributed by atoms with Crippen molar-refractivity contribution in [2.24, 2.45) is 5.92 Å². The van der Waals surface area contributed by atoms with Crippen LogP contribution in [0, 0.1) is 5.92 Å². The molecule has 1 aromatic carbocycles. The lowest BCUT2D eigenvalue weighted by Gasteiger charge is -2.24. The predicted octanol–water partition coefficient (Wildman–Crippen LogP) is 3.75. The Bertz CT molecular complexity index is 979. The Hall–Kier alpha value is -2.34. The zero-order valence-electron chi connectivity index (χ0n) is 17.1. The summed E-state index contributed by atoms with van der Waals surface area (Å²) < 4.78 is 11.5. The zero-order valence-corrected chi connectivity index (χ0v) is 17.1. The topological polar surface area (TPSA) is 97.0 Å². The highest BCUT2D eigenvalue weighted by Gasteiger charge is 2.40. The van der Waals surface area contributed by atoms with E-state index >= 15 is 0 Å². The van der Waals surface area contributed by atoms with E-state index < -0.39 is 17.3 Å². The van der Waals surface area contributed by atoms with Crippen LogP contribution in [0.2, 0.25) is 0 Å². The molecule has 0 aliphatic carbocycles. The standard InChI is InChI=1S/C22H28O6/c1-6-8-12-9-15(23)28-21-16(12)20-13(10-14(27-20)22(4,5)26)19(25)17(21)18(24)11(3)7-2/h9,11,14,25-26H,6-8,10H2,1-5H3. The van der Waals surface area contributed by atoms with Gasteiger partial charge < -0.3 is 19.4 Å². The molecule has 0 spiro atoms. The lowest BCUT2D eigenvalue weighted by Crippen LogP contribution is -2.39. The van der Waals surface area contributed by atoms with Crippen LogP contribution in [-0.2, 0) is 12.8 Å². The van der Waals surface area contributed by atoms with E-state index in [9.17, 15) is 19.8 Å². The molecular formula is C22H28O6. The number of aliphatic hydroxyl groups is 1. The third-order valence-electron chi connectivity index (χ3n) is 5.56. The maximum atomic E-state index is 13.1. The quantitative estimate of drug-likeness (QED) is 0.578. The van der Waals surface area contributed by atoms with Crippen LogP contribution in [0.25, 0.3) is 11.0 Å². The Morgan fingerprint density at radius 2 is 2.04 bits per heavy atom. The van der Waals surface area contributed by atoms with Crippen LogP contribution in [0.3, 0.4) is 0 Å². The Labute approximate surface area is 164 Å². The van der Waals surface area contributed by atoms with Crippen molar-refractivity contribution in [1.82, 2.24) is 0 Å². The van der Waals surface area contributed by atoms with Crippen LogP contribution in [0.5, 0.6) is 11.5 Å². The fourth-order valence-corrected chi connectivity index (χ4v) is 3.69. The number of aromatic hydroxyl groups is 1. The fraction of sp³-hybridized carbons (Fsp3) is 0.545. The molecule has 2 heterocycles. The second kappa shape index (κ2) is 7.24. The maximum Gasteiger partial charge on any atom is 0.336 e. The molecule has 2 atom stereocenters. The molecule has 28 heavy (non-hydrogen) atoms. The van der Waals surface area contributed by atoms with E-state index in [2.05, 4.69) is 0 Å². The van der Waals surface area contributed by atoms with Gasteiger partial charge in [0.25, 0.3) is 0 Å². The normalized spacial score (nSPS) is 17.4. The van der Waals surface area contributed by atoms with Gasteiger partial charge in [0.2, 0.25) is 0 Å². The van der Waals surface area contributed by atoms with Crippen molar-refractivity contribution in [3.05, 3.63) is 33.2 Å². The molecule has 0 amide bonds. The van der Waals surface area contributed by atoms with E-state index in [1.807, 2.05) is 13.8 Å². The van der Waals surface area contributed by atoms with Crippen molar-refractivity contribution in [2.45, 2.75) is 72.0 Å². The van der Waals surface area contributed by atoms with E-state index in [1.54, 1.807) is 20.8 Å². The van der Waals surface area contributed by atoms with Gasteiger partial charge in [-0.15, -0.1) is 0 Å². The van der Waals surface area contributed by atoms with Gasteiger partial charge in [0, 0.05) is 24.0 Å². The number of phenolic OH excluding ortho intramolecular Hbond substituents is 1. The van der Waals surface area contributed by atoms with E-state index in [4.69, 9.17) is 9.15 Å². The van der Waals surface area contributed by atoms with Crippen LogP contribution in [0.15, 0.2) is 15.3 Å². The summed E-state index contributed by atoms with van der Waals surface area (Å²) in [5, 5.41) is 21.9. The van der Waals surface area contributed by atoms with Crippen molar-refractivity contribution in [1.29, 1.82) is 0 Å². The number of ketones is 1. The molecule has 2 N–H and O–H groups in total. The number of carbonyl (C=O) groups is 1. The Morgan fingerprint density at radius 1 is 1.36 bits per heavy atom. The van der Waals surface area contributed by atoms with Gasteiger partial charge in [-0.1, -0.05) is 27.2 Å². The minimum atomic E-state index is -1.14. The molecule has 2 unspecified atom stereocenters. The average molecular weight is 388 g/mol. The molecule has 1 aromatic heterocycles. The largest absolute Gasteiger partial charge is 0.507 e. The van der Waals surface area contributed by atoms with Crippen molar-refractivity contribution in [2.75, 3.05) is 0 Å². The first-order chi connectivity index (χ1) is 13.1. The smallest absolute Gasteiger partial charge is 0.336 e. The molecule has 152 valence electrons. The summed E-state index contributed by atoms with van der Waals surface area (Å²) in [5.74, 6) is -0.417. The van der Waals surface area contributed by atoms with Gasteiger partial charge in [0.1, 0.15) is 23.2 Å². The molecule has 0 radical (unpaired) electrons. The number of phenols is 1. The summed E-state index contributed by atoms with van der Waals surface area (Å²) >= 11 is 0. The van der Waals surface area contributed by atoms with E-state index in [-0.39, 0.29) is 35.0 Å². The highest BCUT2D eigenvalue weighted by atomic mass is 16.5.